The molecule has 1 aromatic heterocycles. The van der Waals surface area contributed by atoms with Gasteiger partial charge in [-0.05, 0) is 75.3 Å². The Balaban J connectivity index is 1.39. The lowest BCUT2D eigenvalue weighted by Crippen LogP contribution is -2.57. The molecule has 2 heterocycles. The van der Waals surface area contributed by atoms with Crippen LogP contribution in [0.1, 0.15) is 34.3 Å². The topological polar surface area (TPSA) is 48.5 Å². The van der Waals surface area contributed by atoms with Crippen molar-refractivity contribution in [2.75, 3.05) is 32.1 Å². The van der Waals surface area contributed by atoms with E-state index in [1.165, 1.54) is 5.56 Å². The molecule has 0 radical (unpaired) electrons. The molecular formula is C25H28N4O. The summed E-state index contributed by atoms with van der Waals surface area (Å²) in [5.41, 5.74) is 4.86. The Morgan fingerprint density at radius 1 is 1.13 bits per heavy atom. The number of anilines is 1. The van der Waals surface area contributed by atoms with Gasteiger partial charge in [-0.25, -0.2) is 0 Å². The molecule has 1 saturated carbocycles. The highest BCUT2D eigenvalue weighted by molar-refractivity contribution is 5.97. The molecule has 1 aliphatic carbocycles. The second-order valence-corrected chi connectivity index (χ2v) is 8.99. The number of hydrogen-bond acceptors (Lipinski definition) is 4. The van der Waals surface area contributed by atoms with Crippen LogP contribution in [0, 0.1) is 6.92 Å². The van der Waals surface area contributed by atoms with Crippen LogP contribution < -0.4 is 10.2 Å². The van der Waals surface area contributed by atoms with Crippen molar-refractivity contribution in [1.29, 1.82) is 0 Å². The van der Waals surface area contributed by atoms with Crippen LogP contribution >= 0.6 is 0 Å². The van der Waals surface area contributed by atoms with Gasteiger partial charge in [0.05, 0.1) is 11.1 Å². The van der Waals surface area contributed by atoms with Gasteiger partial charge in [0.25, 0.3) is 5.91 Å². The standard InChI is InChI=1S/C25H28N4O/c1-17-12-18(14-19(13-17)29-15-20(16-29)28(2)3)24(30)27-25(9-10-25)22-8-11-26-23-7-5-4-6-21(22)23/h4-8,11-14,20H,9-10,15-16H2,1-3H3,(H,27,30). The summed E-state index contributed by atoms with van der Waals surface area (Å²) in [6.45, 7) is 4.07. The normalized spacial score (nSPS) is 17.8. The van der Waals surface area contributed by atoms with Crippen molar-refractivity contribution in [3.8, 4) is 0 Å². The van der Waals surface area contributed by atoms with Gasteiger partial charge in [-0.2, -0.15) is 0 Å². The van der Waals surface area contributed by atoms with Gasteiger partial charge in [0.15, 0.2) is 0 Å². The first kappa shape index (κ1) is 19.1. The van der Waals surface area contributed by atoms with E-state index in [1.54, 1.807) is 0 Å². The quantitative estimate of drug-likeness (QED) is 0.709. The number of nitrogens with zero attached hydrogens (tertiary/aromatic N) is 3. The minimum Gasteiger partial charge on any atom is -0.368 e. The third kappa shape index (κ3) is 3.33. The number of likely N-dealkylation sites (N-methyl/N-ethyl adjacent to an activating group) is 1. The summed E-state index contributed by atoms with van der Waals surface area (Å²) in [4.78, 5) is 22.3. The van der Waals surface area contributed by atoms with Crippen LogP contribution in [0.5, 0.6) is 0 Å². The predicted octanol–water partition coefficient (Wildman–Crippen LogP) is 3.71. The van der Waals surface area contributed by atoms with E-state index in [0.717, 1.165) is 53.6 Å². The zero-order valence-electron chi connectivity index (χ0n) is 17.9. The molecule has 154 valence electrons. The smallest absolute Gasteiger partial charge is 0.252 e. The number of carbonyl (C=O) groups excluding carboxylic acids is 1. The summed E-state index contributed by atoms with van der Waals surface area (Å²) in [6, 6.07) is 17.0. The Labute approximate surface area is 177 Å². The fourth-order valence-corrected chi connectivity index (χ4v) is 4.46. The highest BCUT2D eigenvalue weighted by Crippen LogP contribution is 2.47. The van der Waals surface area contributed by atoms with Crippen LogP contribution in [0.3, 0.4) is 0 Å². The fraction of sp³-hybridized carbons (Fsp3) is 0.360. The molecule has 0 spiro atoms. The number of aryl methyl sites for hydroxylation is 1. The van der Waals surface area contributed by atoms with Crippen LogP contribution in [0.15, 0.2) is 54.7 Å². The van der Waals surface area contributed by atoms with E-state index in [-0.39, 0.29) is 11.4 Å². The molecule has 2 aliphatic rings. The predicted molar refractivity (Wildman–Crippen MR) is 121 cm³/mol. The Hall–Kier alpha value is -2.92. The molecule has 30 heavy (non-hydrogen) atoms. The largest absolute Gasteiger partial charge is 0.368 e. The van der Waals surface area contributed by atoms with Gasteiger partial charge in [-0.1, -0.05) is 18.2 Å². The molecule has 0 unspecified atom stereocenters. The molecule has 2 aromatic carbocycles. The van der Waals surface area contributed by atoms with Crippen molar-refractivity contribution in [2.45, 2.75) is 31.3 Å². The van der Waals surface area contributed by atoms with Gasteiger partial charge in [0.1, 0.15) is 0 Å². The number of benzene rings is 2. The minimum absolute atomic E-state index is 0.00280. The van der Waals surface area contributed by atoms with Gasteiger partial charge in [0, 0.05) is 42.0 Å². The second kappa shape index (κ2) is 7.10. The van der Waals surface area contributed by atoms with Gasteiger partial charge in [-0.3, -0.25) is 9.78 Å². The number of rotatable bonds is 5. The summed E-state index contributed by atoms with van der Waals surface area (Å²) in [5.74, 6) is 0.00280. The Bertz CT molecular complexity index is 1110. The minimum atomic E-state index is -0.281. The first-order valence-electron chi connectivity index (χ1n) is 10.6. The van der Waals surface area contributed by atoms with E-state index in [0.29, 0.717) is 6.04 Å². The molecule has 2 fully saturated rings. The first-order chi connectivity index (χ1) is 14.4. The maximum atomic E-state index is 13.3. The maximum Gasteiger partial charge on any atom is 0.252 e. The van der Waals surface area contributed by atoms with Crippen molar-refractivity contribution >= 4 is 22.5 Å². The molecule has 3 aromatic rings. The number of nitrogens with one attached hydrogen (secondary N) is 1. The van der Waals surface area contributed by atoms with Crippen molar-refractivity contribution in [1.82, 2.24) is 15.2 Å². The van der Waals surface area contributed by atoms with Gasteiger partial charge >= 0.3 is 0 Å². The number of pyridine rings is 1. The fourth-order valence-electron chi connectivity index (χ4n) is 4.46. The summed E-state index contributed by atoms with van der Waals surface area (Å²) < 4.78 is 0. The third-order valence-electron chi connectivity index (χ3n) is 6.55. The number of hydrogen-bond donors (Lipinski definition) is 1. The number of fused-ring (bicyclic) bond motifs is 1. The summed E-state index contributed by atoms with van der Waals surface area (Å²) in [5, 5.41) is 4.48. The summed E-state index contributed by atoms with van der Waals surface area (Å²) in [7, 11) is 4.24. The monoisotopic (exact) mass is 400 g/mol. The molecule has 1 amide bonds. The Morgan fingerprint density at radius 2 is 1.90 bits per heavy atom. The molecule has 1 aliphatic heterocycles. The van der Waals surface area contributed by atoms with Gasteiger partial charge < -0.3 is 15.1 Å². The van der Waals surface area contributed by atoms with E-state index in [9.17, 15) is 4.79 Å². The van der Waals surface area contributed by atoms with Crippen molar-refractivity contribution in [3.63, 3.8) is 0 Å². The maximum absolute atomic E-state index is 13.3. The Kier molecular flexibility index (Phi) is 4.51. The average Bonchev–Trinajstić information content (AvgIpc) is 3.46. The highest BCUT2D eigenvalue weighted by Gasteiger charge is 2.46. The molecule has 5 nitrogen and oxygen atoms in total. The van der Waals surface area contributed by atoms with E-state index < -0.39 is 0 Å². The molecule has 1 saturated heterocycles. The molecular weight excluding hydrogens is 372 g/mol. The molecule has 0 atom stereocenters. The average molecular weight is 401 g/mol. The number of amides is 1. The lowest BCUT2D eigenvalue weighted by molar-refractivity contribution is 0.0931. The highest BCUT2D eigenvalue weighted by atomic mass is 16.1. The van der Waals surface area contributed by atoms with E-state index in [2.05, 4.69) is 59.3 Å². The van der Waals surface area contributed by atoms with Gasteiger partial charge in [-0.15, -0.1) is 0 Å². The SMILES string of the molecule is Cc1cc(C(=O)NC2(c3ccnc4ccccc34)CC2)cc(N2CC(N(C)C)C2)c1. The Morgan fingerprint density at radius 3 is 2.63 bits per heavy atom. The molecule has 1 N–H and O–H groups in total. The van der Waals surface area contributed by atoms with Crippen LogP contribution in [-0.4, -0.2) is 49.0 Å². The van der Waals surface area contributed by atoms with Crippen LogP contribution in [0.2, 0.25) is 0 Å². The van der Waals surface area contributed by atoms with Crippen molar-refractivity contribution < 1.29 is 4.79 Å². The van der Waals surface area contributed by atoms with E-state index in [4.69, 9.17) is 0 Å². The molecule has 0 bridgehead atoms. The van der Waals surface area contributed by atoms with Crippen molar-refractivity contribution in [3.05, 3.63) is 71.4 Å². The third-order valence-corrected chi connectivity index (χ3v) is 6.55. The van der Waals surface area contributed by atoms with Crippen LogP contribution in [0.4, 0.5) is 5.69 Å². The zero-order chi connectivity index (χ0) is 20.9. The van der Waals surface area contributed by atoms with Crippen LogP contribution in [0.25, 0.3) is 10.9 Å². The zero-order valence-corrected chi connectivity index (χ0v) is 17.9. The number of carbonyl (C=O) groups is 1. The number of aromatic nitrogens is 1. The van der Waals surface area contributed by atoms with Crippen molar-refractivity contribution in [2.24, 2.45) is 0 Å². The summed E-state index contributed by atoms with van der Waals surface area (Å²) in [6.07, 6.45) is 3.77. The summed E-state index contributed by atoms with van der Waals surface area (Å²) >= 11 is 0. The second-order valence-electron chi connectivity index (χ2n) is 8.99. The van der Waals surface area contributed by atoms with Crippen LogP contribution in [-0.2, 0) is 5.54 Å². The van der Waals surface area contributed by atoms with Gasteiger partial charge in [0.2, 0.25) is 0 Å². The first-order valence-corrected chi connectivity index (χ1v) is 10.6. The lowest BCUT2D eigenvalue weighted by atomic mass is 9.99. The lowest BCUT2D eigenvalue weighted by Gasteiger charge is -2.44. The van der Waals surface area contributed by atoms with E-state index >= 15 is 0 Å². The number of para-hydroxylation sites is 1. The molecule has 5 heteroatoms. The molecule has 5 rings (SSSR count). The van der Waals surface area contributed by atoms with E-state index in [1.807, 2.05) is 36.5 Å².